The molecule has 5 heterocycles. The molecule has 8 heteroatoms. The van der Waals surface area contributed by atoms with Crippen LogP contribution in [-0.4, -0.2) is 52.5 Å². The molecule has 0 saturated carbocycles. The average Bonchev–Trinajstić information content (AvgIpc) is 3.67. The molecule has 4 aromatic heterocycles. The van der Waals surface area contributed by atoms with Gasteiger partial charge in [-0.05, 0) is 53.8 Å². The highest BCUT2D eigenvalue weighted by Gasteiger charge is 2.22. The zero-order chi connectivity index (χ0) is 27.2. The molecule has 0 unspecified atom stereocenters. The van der Waals surface area contributed by atoms with Gasteiger partial charge in [0.15, 0.2) is 5.65 Å². The molecule has 0 spiro atoms. The normalized spacial score (nSPS) is 14.8. The fourth-order valence-electron chi connectivity index (χ4n) is 6.09. The van der Waals surface area contributed by atoms with E-state index >= 15 is 0 Å². The molecule has 7 aromatic rings. The number of pyridine rings is 1. The van der Waals surface area contributed by atoms with Crippen LogP contribution in [0.15, 0.2) is 97.8 Å². The van der Waals surface area contributed by atoms with Crippen LogP contribution in [0.2, 0.25) is 0 Å². The van der Waals surface area contributed by atoms with Gasteiger partial charge in [-0.3, -0.25) is 9.88 Å². The summed E-state index contributed by atoms with van der Waals surface area (Å²) in [6.07, 6.45) is 9.51. The largest absolute Gasteiger partial charge is 0.352 e. The molecule has 1 aliphatic heterocycles. The third kappa shape index (κ3) is 4.42. The Morgan fingerprint density at radius 2 is 1.54 bits per heavy atom. The number of aromatic nitrogens is 7. The number of benzene rings is 3. The lowest BCUT2D eigenvalue weighted by Gasteiger charge is -2.32. The van der Waals surface area contributed by atoms with Gasteiger partial charge in [0.1, 0.15) is 11.8 Å². The van der Waals surface area contributed by atoms with E-state index in [4.69, 9.17) is 4.98 Å². The summed E-state index contributed by atoms with van der Waals surface area (Å²) in [5, 5.41) is 0. The fourth-order valence-corrected chi connectivity index (χ4v) is 6.09. The Morgan fingerprint density at radius 1 is 0.732 bits per heavy atom. The van der Waals surface area contributed by atoms with E-state index in [1.54, 1.807) is 6.33 Å². The van der Waals surface area contributed by atoms with Gasteiger partial charge >= 0.3 is 0 Å². The summed E-state index contributed by atoms with van der Waals surface area (Å²) < 4.78 is 2.26. The molecule has 0 atom stereocenters. The summed E-state index contributed by atoms with van der Waals surface area (Å²) in [7, 11) is 0. The van der Waals surface area contributed by atoms with Gasteiger partial charge in [0, 0.05) is 37.4 Å². The van der Waals surface area contributed by atoms with Gasteiger partial charge in [0.05, 0.1) is 40.3 Å². The molecule has 3 aromatic carbocycles. The van der Waals surface area contributed by atoms with Crippen molar-refractivity contribution in [2.75, 3.05) is 13.1 Å². The van der Waals surface area contributed by atoms with Crippen molar-refractivity contribution in [3.8, 4) is 22.4 Å². The molecule has 0 amide bonds. The van der Waals surface area contributed by atoms with Crippen LogP contribution >= 0.6 is 0 Å². The van der Waals surface area contributed by atoms with Crippen molar-refractivity contribution in [1.29, 1.82) is 0 Å². The minimum atomic E-state index is 0.454. The number of hydrogen-bond donors (Lipinski definition) is 1. The molecular formula is C33H28N8. The second kappa shape index (κ2) is 9.91. The first-order chi connectivity index (χ1) is 20.3. The Bertz CT molecular complexity index is 2000. The quantitative estimate of drug-likeness (QED) is 0.273. The van der Waals surface area contributed by atoms with Crippen LogP contribution in [0.5, 0.6) is 0 Å². The molecule has 1 aliphatic rings. The zero-order valence-corrected chi connectivity index (χ0v) is 22.5. The topological polar surface area (TPSA) is 88.4 Å². The molecule has 200 valence electrons. The Labute approximate surface area is 236 Å². The predicted octanol–water partition coefficient (Wildman–Crippen LogP) is 6.42. The monoisotopic (exact) mass is 536 g/mol. The molecule has 1 fully saturated rings. The summed E-state index contributed by atoms with van der Waals surface area (Å²) in [6, 6.07) is 25.9. The summed E-state index contributed by atoms with van der Waals surface area (Å²) >= 11 is 0. The van der Waals surface area contributed by atoms with E-state index in [2.05, 4.69) is 82.9 Å². The highest BCUT2D eigenvalue weighted by Crippen LogP contribution is 2.32. The van der Waals surface area contributed by atoms with Crippen LogP contribution < -0.4 is 0 Å². The van der Waals surface area contributed by atoms with Crippen LogP contribution in [0.4, 0.5) is 0 Å². The van der Waals surface area contributed by atoms with E-state index < -0.39 is 0 Å². The number of fused-ring (bicyclic) bond motifs is 3. The Hall–Kier alpha value is -4.95. The van der Waals surface area contributed by atoms with Crippen molar-refractivity contribution in [3.63, 3.8) is 0 Å². The first-order valence-corrected chi connectivity index (χ1v) is 14.1. The van der Waals surface area contributed by atoms with Gasteiger partial charge < -0.3 is 9.55 Å². The first-order valence-electron chi connectivity index (χ1n) is 14.1. The summed E-state index contributed by atoms with van der Waals surface area (Å²) in [4.78, 5) is 28.6. The zero-order valence-electron chi connectivity index (χ0n) is 22.5. The maximum Gasteiger partial charge on any atom is 0.160 e. The molecule has 8 nitrogen and oxygen atoms in total. The maximum absolute atomic E-state index is 4.72. The van der Waals surface area contributed by atoms with Crippen LogP contribution in [0.25, 0.3) is 55.6 Å². The lowest BCUT2D eigenvalue weighted by Crippen LogP contribution is -2.34. The second-order valence-corrected chi connectivity index (χ2v) is 10.8. The van der Waals surface area contributed by atoms with Gasteiger partial charge in [-0.25, -0.2) is 19.9 Å². The number of nitrogens with zero attached hydrogens (tertiary/aromatic N) is 7. The molecule has 8 rings (SSSR count). The van der Waals surface area contributed by atoms with E-state index in [0.717, 1.165) is 77.0 Å². The summed E-state index contributed by atoms with van der Waals surface area (Å²) in [5.41, 5.74) is 11.3. The lowest BCUT2D eigenvalue weighted by atomic mass is 9.96. The number of hydrogen-bond acceptors (Lipinski definition) is 6. The second-order valence-electron chi connectivity index (χ2n) is 10.8. The molecule has 0 bridgehead atoms. The summed E-state index contributed by atoms with van der Waals surface area (Å²) in [6.45, 7) is 3.09. The number of piperidine rings is 1. The van der Waals surface area contributed by atoms with E-state index in [0.29, 0.717) is 6.04 Å². The number of imidazole rings is 2. The predicted molar refractivity (Wildman–Crippen MR) is 161 cm³/mol. The molecule has 0 aliphatic carbocycles. The highest BCUT2D eigenvalue weighted by molar-refractivity contribution is 5.92. The van der Waals surface area contributed by atoms with Gasteiger partial charge in [0.25, 0.3) is 0 Å². The first kappa shape index (κ1) is 23.9. The van der Waals surface area contributed by atoms with Crippen molar-refractivity contribution in [2.24, 2.45) is 0 Å². The Morgan fingerprint density at radius 3 is 2.39 bits per heavy atom. The third-order valence-corrected chi connectivity index (χ3v) is 8.26. The van der Waals surface area contributed by atoms with Crippen molar-refractivity contribution in [1.82, 2.24) is 39.4 Å². The smallest absolute Gasteiger partial charge is 0.160 e. The molecule has 1 N–H and O–H groups in total. The van der Waals surface area contributed by atoms with Gasteiger partial charge in [-0.15, -0.1) is 0 Å². The van der Waals surface area contributed by atoms with Gasteiger partial charge in [-0.2, -0.15) is 0 Å². The molecular weight excluding hydrogens is 508 g/mol. The van der Waals surface area contributed by atoms with E-state index in [1.807, 2.05) is 43.0 Å². The van der Waals surface area contributed by atoms with Crippen molar-refractivity contribution < 1.29 is 0 Å². The van der Waals surface area contributed by atoms with Gasteiger partial charge in [0.2, 0.25) is 0 Å². The van der Waals surface area contributed by atoms with Crippen LogP contribution in [0, 0.1) is 0 Å². The number of nitrogens with one attached hydrogen (secondary N) is 1. The highest BCUT2D eigenvalue weighted by atomic mass is 15.2. The van der Waals surface area contributed by atoms with E-state index in [1.165, 1.54) is 16.7 Å². The minimum absolute atomic E-state index is 0.454. The molecule has 0 radical (unpaired) electrons. The number of likely N-dealkylation sites (tertiary alicyclic amines) is 1. The fraction of sp³-hybridized carbons (Fsp3) is 0.182. The van der Waals surface area contributed by atoms with Crippen LogP contribution in [0.1, 0.15) is 24.4 Å². The number of aromatic amines is 1. The minimum Gasteiger partial charge on any atom is -0.352 e. The lowest BCUT2D eigenvalue weighted by molar-refractivity contribution is 0.181. The third-order valence-electron chi connectivity index (χ3n) is 8.26. The average molecular weight is 537 g/mol. The van der Waals surface area contributed by atoms with Crippen molar-refractivity contribution >= 4 is 33.2 Å². The standard InChI is InChI=1S/C33H28N8/c1-2-5-26(32-18-35-30-16-28-29(37-20-36-28)17-31(30)39-32)25(4-1)23-9-7-22(8-10-23)19-40-14-11-24(12-15-40)41-21-38-27-6-3-13-34-33(27)41/h1-10,13,16-18,20-21,24,39H,11-12,14-15,19H2. The van der Waals surface area contributed by atoms with Gasteiger partial charge in [-0.1, -0.05) is 48.5 Å². The van der Waals surface area contributed by atoms with Crippen molar-refractivity contribution in [3.05, 3.63) is 103 Å². The summed E-state index contributed by atoms with van der Waals surface area (Å²) in [5.74, 6) is 0. The number of rotatable bonds is 5. The maximum atomic E-state index is 4.72. The van der Waals surface area contributed by atoms with Crippen molar-refractivity contribution in [2.45, 2.75) is 25.4 Å². The van der Waals surface area contributed by atoms with Crippen LogP contribution in [0.3, 0.4) is 0 Å². The SMILES string of the molecule is c1ccc(-c2cnc3cc4ncnc4cc3[nH]2)c(-c2ccc(CN3CCC(n4cnc5cccnc54)CC3)cc2)c1. The van der Waals surface area contributed by atoms with E-state index in [9.17, 15) is 0 Å². The molecule has 1 saturated heterocycles. The number of H-pyrrole nitrogens is 1. The van der Waals surface area contributed by atoms with Crippen LogP contribution in [-0.2, 0) is 6.54 Å². The Kier molecular flexibility index (Phi) is 5.77. The molecule has 41 heavy (non-hydrogen) atoms. The Balaban J connectivity index is 0.990. The van der Waals surface area contributed by atoms with E-state index in [-0.39, 0.29) is 0 Å².